The Morgan fingerprint density at radius 1 is 1.13 bits per heavy atom. The summed E-state index contributed by atoms with van der Waals surface area (Å²) >= 11 is 0. The number of aliphatic hydroxyl groups is 1. The first-order chi connectivity index (χ1) is 18.4. The molecule has 2 aliphatic heterocycles. The lowest BCUT2D eigenvalue weighted by Crippen LogP contribution is -2.43. The van der Waals surface area contributed by atoms with Gasteiger partial charge in [0.25, 0.3) is 10.0 Å². The largest absolute Gasteiger partial charge is 0.493 e. The highest BCUT2D eigenvalue weighted by molar-refractivity contribution is 7.92. The minimum atomic E-state index is -4.00. The number of hydrogen-bond acceptors (Lipinski definition) is 7. The molecule has 2 atom stereocenters. The lowest BCUT2D eigenvalue weighted by Gasteiger charge is -2.38. The second kappa shape index (κ2) is 11.9. The van der Waals surface area contributed by atoms with Crippen LogP contribution < -0.4 is 9.04 Å². The van der Waals surface area contributed by atoms with Gasteiger partial charge in [-0.1, -0.05) is 19.1 Å². The van der Waals surface area contributed by atoms with Crippen LogP contribution >= 0.6 is 0 Å². The Balaban J connectivity index is 1.68. The topological polar surface area (TPSA) is 102 Å². The van der Waals surface area contributed by atoms with Gasteiger partial charge >= 0.3 is 5.97 Å². The van der Waals surface area contributed by atoms with Crippen LogP contribution in [0.5, 0.6) is 5.75 Å². The van der Waals surface area contributed by atoms with E-state index in [1.54, 1.807) is 52.0 Å². The van der Waals surface area contributed by atoms with Crippen LogP contribution in [-0.2, 0) is 37.3 Å². The van der Waals surface area contributed by atoms with E-state index >= 15 is 0 Å². The van der Waals surface area contributed by atoms with Gasteiger partial charge in [0, 0.05) is 30.4 Å². The third-order valence-corrected chi connectivity index (χ3v) is 9.36. The third-order valence-electron chi connectivity index (χ3n) is 7.44. The number of carbonyl (C=O) groups is 1. The highest BCUT2D eigenvalue weighted by Gasteiger charge is 2.37. The molecule has 0 bridgehead atoms. The Bertz CT molecular complexity index is 1280. The summed E-state index contributed by atoms with van der Waals surface area (Å²) in [5.41, 5.74) is 1.93. The quantitative estimate of drug-likeness (QED) is 0.446. The van der Waals surface area contributed by atoms with E-state index in [0.717, 1.165) is 24.8 Å². The number of sulfonamides is 1. The molecule has 1 saturated heterocycles. The Kier molecular flexibility index (Phi) is 8.93. The number of carbonyl (C=O) groups excluding carboxylic acids is 1. The molecule has 1 N–H and O–H groups in total. The monoisotopic (exact) mass is 559 g/mol. The maximum atomic E-state index is 14.1. The zero-order valence-electron chi connectivity index (χ0n) is 23.6. The van der Waals surface area contributed by atoms with Crippen LogP contribution in [0.25, 0.3) is 0 Å². The fraction of sp³-hybridized carbons (Fsp3) is 0.567. The van der Waals surface area contributed by atoms with Crippen LogP contribution in [0.4, 0.5) is 5.69 Å². The van der Waals surface area contributed by atoms with Gasteiger partial charge in [-0.2, -0.15) is 0 Å². The number of hydrogen-bond donors (Lipinski definition) is 1. The Morgan fingerprint density at radius 3 is 2.51 bits per heavy atom. The first-order valence-electron chi connectivity index (χ1n) is 13.8. The molecule has 1 fully saturated rings. The average molecular weight is 560 g/mol. The van der Waals surface area contributed by atoms with Crippen molar-refractivity contribution in [3.63, 3.8) is 0 Å². The summed E-state index contributed by atoms with van der Waals surface area (Å²) in [6.45, 7) is 10.9. The number of aryl methyl sites for hydroxylation is 1. The van der Waals surface area contributed by atoms with E-state index in [-0.39, 0.29) is 17.5 Å². The van der Waals surface area contributed by atoms with E-state index in [1.807, 2.05) is 19.1 Å². The van der Waals surface area contributed by atoms with Crippen molar-refractivity contribution >= 4 is 21.7 Å². The predicted octanol–water partition coefficient (Wildman–Crippen LogP) is 5.16. The van der Waals surface area contributed by atoms with Crippen molar-refractivity contribution in [1.29, 1.82) is 0 Å². The van der Waals surface area contributed by atoms with Gasteiger partial charge in [-0.3, -0.25) is 9.10 Å². The first-order valence-corrected chi connectivity index (χ1v) is 15.2. The van der Waals surface area contributed by atoms with Crippen molar-refractivity contribution in [1.82, 2.24) is 0 Å². The predicted molar refractivity (Wildman–Crippen MR) is 149 cm³/mol. The van der Waals surface area contributed by atoms with E-state index < -0.39 is 27.6 Å². The highest BCUT2D eigenvalue weighted by atomic mass is 32.2. The number of benzene rings is 2. The smallest absolute Gasteiger partial charge is 0.311 e. The molecule has 0 aromatic heterocycles. The molecule has 0 radical (unpaired) electrons. The standard InChI is InChI=1S/C30H41NO7S/c1-6-21-7-9-26-25(16-21)27(32)15-20(2)31(26)39(34,35)24-8-10-28(37-18-22-11-13-36-14-12-22)23(17-24)19-38-29(33)30(3,4)5/h7-10,16-17,20,22,27,32H,6,11-15,18-19H2,1-5H3. The maximum Gasteiger partial charge on any atom is 0.311 e. The number of anilines is 1. The van der Waals surface area contributed by atoms with Gasteiger partial charge in [-0.15, -0.1) is 0 Å². The molecule has 2 heterocycles. The van der Waals surface area contributed by atoms with Crippen molar-refractivity contribution in [2.75, 3.05) is 24.1 Å². The molecular formula is C30H41NO7S. The molecule has 2 aromatic carbocycles. The van der Waals surface area contributed by atoms with Crippen LogP contribution in [0.1, 0.15) is 76.7 Å². The van der Waals surface area contributed by atoms with Gasteiger partial charge in [0.05, 0.1) is 28.7 Å². The van der Waals surface area contributed by atoms with Gasteiger partial charge in [0.2, 0.25) is 0 Å². The van der Waals surface area contributed by atoms with Crippen molar-refractivity contribution < 1.29 is 32.5 Å². The van der Waals surface area contributed by atoms with Crippen molar-refractivity contribution in [2.24, 2.45) is 11.3 Å². The van der Waals surface area contributed by atoms with Crippen LogP contribution in [0.15, 0.2) is 41.3 Å². The van der Waals surface area contributed by atoms with Crippen molar-refractivity contribution in [3.05, 3.63) is 53.1 Å². The summed E-state index contributed by atoms with van der Waals surface area (Å²) in [6, 6.07) is 9.86. The number of ether oxygens (including phenoxy) is 3. The normalized spacial score (nSPS) is 20.4. The lowest BCUT2D eigenvalue weighted by molar-refractivity contribution is -0.154. The van der Waals surface area contributed by atoms with E-state index in [0.29, 0.717) is 54.7 Å². The molecule has 214 valence electrons. The SMILES string of the molecule is CCc1ccc2c(c1)C(O)CC(C)N2S(=O)(=O)c1ccc(OCC2CCOCC2)c(COC(=O)C(C)(C)C)c1. The number of rotatable bonds is 8. The van der Waals surface area contributed by atoms with Crippen LogP contribution in [-0.4, -0.2) is 45.4 Å². The molecule has 8 nitrogen and oxygen atoms in total. The number of aliphatic hydroxyl groups excluding tert-OH is 1. The molecule has 0 spiro atoms. The molecule has 39 heavy (non-hydrogen) atoms. The molecule has 2 aliphatic rings. The Hall–Kier alpha value is -2.62. The summed E-state index contributed by atoms with van der Waals surface area (Å²) in [5.74, 6) is 0.458. The Morgan fingerprint density at radius 2 is 1.85 bits per heavy atom. The zero-order valence-corrected chi connectivity index (χ0v) is 24.4. The number of fused-ring (bicyclic) bond motifs is 1. The Labute approximate surface area is 232 Å². The van der Waals surface area contributed by atoms with Crippen molar-refractivity contribution in [2.45, 2.75) is 84.0 Å². The summed E-state index contributed by atoms with van der Waals surface area (Å²) < 4.78 is 46.7. The summed E-state index contributed by atoms with van der Waals surface area (Å²) in [6.07, 6.45) is 2.15. The second-order valence-electron chi connectivity index (χ2n) is 11.6. The number of nitrogens with zero attached hydrogens (tertiary/aromatic N) is 1. The van der Waals surface area contributed by atoms with Gasteiger partial charge in [-0.25, -0.2) is 8.42 Å². The molecule has 0 aliphatic carbocycles. The van der Waals surface area contributed by atoms with Gasteiger partial charge < -0.3 is 19.3 Å². The van der Waals surface area contributed by atoms with Gasteiger partial charge in [-0.05, 0) is 89.1 Å². The molecule has 0 amide bonds. The maximum absolute atomic E-state index is 14.1. The number of esters is 1. The second-order valence-corrected chi connectivity index (χ2v) is 13.4. The summed E-state index contributed by atoms with van der Waals surface area (Å²) in [4.78, 5) is 12.6. The average Bonchev–Trinajstić information content (AvgIpc) is 2.90. The fourth-order valence-corrected chi connectivity index (χ4v) is 6.75. The van der Waals surface area contributed by atoms with E-state index in [1.165, 1.54) is 4.31 Å². The molecule has 9 heteroatoms. The van der Waals surface area contributed by atoms with Crippen LogP contribution in [0.3, 0.4) is 0 Å². The zero-order chi connectivity index (χ0) is 28.4. The van der Waals surface area contributed by atoms with E-state index in [9.17, 15) is 18.3 Å². The minimum absolute atomic E-state index is 0.0801. The minimum Gasteiger partial charge on any atom is -0.493 e. The first kappa shape index (κ1) is 29.4. The van der Waals surface area contributed by atoms with Crippen molar-refractivity contribution in [3.8, 4) is 5.75 Å². The van der Waals surface area contributed by atoms with Crippen LogP contribution in [0, 0.1) is 11.3 Å². The fourth-order valence-electron chi connectivity index (χ4n) is 5.01. The third kappa shape index (κ3) is 6.58. The summed E-state index contributed by atoms with van der Waals surface area (Å²) in [7, 11) is -4.00. The molecular weight excluding hydrogens is 518 g/mol. The highest BCUT2D eigenvalue weighted by Crippen LogP contribution is 2.41. The molecule has 2 unspecified atom stereocenters. The van der Waals surface area contributed by atoms with Gasteiger partial charge in [0.15, 0.2) is 0 Å². The van der Waals surface area contributed by atoms with E-state index in [2.05, 4.69) is 0 Å². The lowest BCUT2D eigenvalue weighted by atomic mass is 9.94. The summed E-state index contributed by atoms with van der Waals surface area (Å²) in [5, 5.41) is 10.7. The van der Waals surface area contributed by atoms with E-state index in [4.69, 9.17) is 14.2 Å². The molecule has 0 saturated carbocycles. The molecule has 2 aromatic rings. The van der Waals surface area contributed by atoms with Gasteiger partial charge in [0.1, 0.15) is 12.4 Å². The van der Waals surface area contributed by atoms with Crippen LogP contribution in [0.2, 0.25) is 0 Å². The molecule has 4 rings (SSSR count).